The van der Waals surface area contributed by atoms with Crippen molar-refractivity contribution in [3.63, 3.8) is 0 Å². The zero-order valence-corrected chi connectivity index (χ0v) is 9.71. The maximum Gasteiger partial charge on any atom is 0.345 e. The lowest BCUT2D eigenvalue weighted by molar-refractivity contribution is -0.170. The van der Waals surface area contributed by atoms with Gasteiger partial charge >= 0.3 is 17.9 Å². The number of esters is 3. The Kier molecular flexibility index (Phi) is 2.17. The number of ether oxygens (including phenoxy) is 3. The van der Waals surface area contributed by atoms with Gasteiger partial charge in [0.15, 0.2) is 5.60 Å². The molecule has 3 heterocycles. The van der Waals surface area contributed by atoms with Gasteiger partial charge < -0.3 is 19.3 Å². The van der Waals surface area contributed by atoms with Gasteiger partial charge in [-0.05, 0) is 0 Å². The summed E-state index contributed by atoms with van der Waals surface area (Å²) in [5.41, 5.74) is -2.29. The molecule has 0 radical (unpaired) electrons. The lowest BCUT2D eigenvalue weighted by Gasteiger charge is -2.27. The predicted octanol–water partition coefficient (Wildman–Crippen LogP) is -1.33. The SMILES string of the molecule is Cn1nc2c3c1OC(=O)CC(O)(CC(=O)O2)C(=O)O3. The molecule has 0 saturated heterocycles. The zero-order chi connectivity index (χ0) is 13.8. The summed E-state index contributed by atoms with van der Waals surface area (Å²) in [6, 6.07) is 0. The summed E-state index contributed by atoms with van der Waals surface area (Å²) in [4.78, 5) is 35.1. The fourth-order valence-electron chi connectivity index (χ4n) is 1.89. The maximum atomic E-state index is 11.8. The molecule has 2 aliphatic rings. The van der Waals surface area contributed by atoms with E-state index < -0.39 is 36.4 Å². The van der Waals surface area contributed by atoms with E-state index >= 15 is 0 Å². The van der Waals surface area contributed by atoms with Gasteiger partial charge in [0.1, 0.15) is 0 Å². The number of aliphatic hydroxyl groups is 1. The van der Waals surface area contributed by atoms with Crippen LogP contribution in [0.1, 0.15) is 12.8 Å². The maximum absolute atomic E-state index is 11.8. The van der Waals surface area contributed by atoms with Crippen molar-refractivity contribution in [1.29, 1.82) is 0 Å². The van der Waals surface area contributed by atoms with E-state index in [2.05, 4.69) is 5.10 Å². The molecule has 1 N–H and O–H groups in total. The number of aryl methyl sites for hydroxylation is 1. The third kappa shape index (κ3) is 1.66. The molecule has 9 heteroatoms. The lowest BCUT2D eigenvalue weighted by atomic mass is 9.95. The van der Waals surface area contributed by atoms with Crippen molar-refractivity contribution in [2.45, 2.75) is 18.4 Å². The van der Waals surface area contributed by atoms with Crippen LogP contribution in [0.2, 0.25) is 0 Å². The summed E-state index contributed by atoms with van der Waals surface area (Å²) in [5, 5.41) is 13.8. The van der Waals surface area contributed by atoms with E-state index in [4.69, 9.17) is 14.2 Å². The van der Waals surface area contributed by atoms with Gasteiger partial charge in [-0.2, -0.15) is 0 Å². The Balaban J connectivity index is 2.25. The molecule has 19 heavy (non-hydrogen) atoms. The molecule has 0 aliphatic carbocycles. The molecule has 0 fully saturated rings. The highest BCUT2D eigenvalue weighted by Gasteiger charge is 2.48. The van der Waals surface area contributed by atoms with Crippen molar-refractivity contribution in [2.24, 2.45) is 7.05 Å². The van der Waals surface area contributed by atoms with Gasteiger partial charge in [0.05, 0.1) is 12.8 Å². The Labute approximate surface area is 105 Å². The summed E-state index contributed by atoms with van der Waals surface area (Å²) in [5.74, 6) is -3.62. The minimum Gasteiger partial charge on any atom is -0.413 e. The Morgan fingerprint density at radius 3 is 2.47 bits per heavy atom. The van der Waals surface area contributed by atoms with Crippen molar-refractivity contribution in [2.75, 3.05) is 0 Å². The van der Waals surface area contributed by atoms with Crippen LogP contribution >= 0.6 is 0 Å². The van der Waals surface area contributed by atoms with Gasteiger partial charge in [0.25, 0.3) is 17.5 Å². The van der Waals surface area contributed by atoms with Crippen LogP contribution in [0, 0.1) is 0 Å². The minimum atomic E-state index is -2.29. The first-order valence-electron chi connectivity index (χ1n) is 5.32. The van der Waals surface area contributed by atoms with Crippen LogP contribution in [-0.4, -0.2) is 38.4 Å². The predicted molar refractivity (Wildman–Crippen MR) is 54.3 cm³/mol. The number of nitrogens with zero attached hydrogens (tertiary/aromatic N) is 2. The molecule has 0 amide bonds. The first kappa shape index (κ1) is 11.7. The highest BCUT2D eigenvalue weighted by atomic mass is 16.6. The van der Waals surface area contributed by atoms with E-state index in [1.807, 2.05) is 0 Å². The lowest BCUT2D eigenvalue weighted by Crippen LogP contribution is -2.48. The first-order valence-corrected chi connectivity index (χ1v) is 5.32. The molecular weight excluding hydrogens is 260 g/mol. The van der Waals surface area contributed by atoms with Gasteiger partial charge in [-0.3, -0.25) is 9.59 Å². The van der Waals surface area contributed by atoms with Crippen molar-refractivity contribution in [1.82, 2.24) is 9.78 Å². The van der Waals surface area contributed by atoms with E-state index in [9.17, 15) is 19.5 Å². The summed E-state index contributed by atoms with van der Waals surface area (Å²) in [7, 11) is 1.42. The molecule has 0 spiro atoms. The van der Waals surface area contributed by atoms with Crippen LogP contribution in [0.25, 0.3) is 0 Å². The van der Waals surface area contributed by atoms with E-state index in [1.54, 1.807) is 0 Å². The number of fused-ring (bicyclic) bond motifs is 2. The van der Waals surface area contributed by atoms with E-state index in [0.29, 0.717) is 0 Å². The van der Waals surface area contributed by atoms with Gasteiger partial charge in [0, 0.05) is 7.05 Å². The first-order chi connectivity index (χ1) is 8.89. The number of rotatable bonds is 0. The van der Waals surface area contributed by atoms with Gasteiger partial charge in [-0.1, -0.05) is 0 Å². The van der Waals surface area contributed by atoms with Crippen LogP contribution in [0.4, 0.5) is 0 Å². The van der Waals surface area contributed by atoms with Gasteiger partial charge in [-0.15, -0.1) is 5.10 Å². The second-order valence-electron chi connectivity index (χ2n) is 4.29. The number of hydrogen-bond acceptors (Lipinski definition) is 8. The van der Waals surface area contributed by atoms with Crippen LogP contribution in [0.15, 0.2) is 0 Å². The number of aromatic nitrogens is 2. The summed E-state index contributed by atoms with van der Waals surface area (Å²) in [6.07, 6.45) is -1.42. The van der Waals surface area contributed by atoms with Crippen LogP contribution in [0.5, 0.6) is 17.5 Å². The monoisotopic (exact) mass is 268 g/mol. The highest BCUT2D eigenvalue weighted by molar-refractivity contribution is 5.94. The molecule has 1 aromatic heterocycles. The van der Waals surface area contributed by atoms with Crippen molar-refractivity contribution >= 4 is 17.9 Å². The van der Waals surface area contributed by atoms with Gasteiger partial charge in [0.2, 0.25) is 0 Å². The third-order valence-corrected chi connectivity index (χ3v) is 2.79. The highest BCUT2D eigenvalue weighted by Crippen LogP contribution is 2.41. The number of carbonyl (C=O) groups is 3. The molecule has 2 aliphatic heterocycles. The van der Waals surface area contributed by atoms with Crippen molar-refractivity contribution in [3.8, 4) is 17.5 Å². The molecule has 1 unspecified atom stereocenters. The van der Waals surface area contributed by atoms with Crippen molar-refractivity contribution < 1.29 is 33.7 Å². The van der Waals surface area contributed by atoms with Crippen LogP contribution in [0.3, 0.4) is 0 Å². The van der Waals surface area contributed by atoms with Gasteiger partial charge in [-0.25, -0.2) is 9.48 Å². The summed E-state index contributed by atoms with van der Waals surface area (Å²) >= 11 is 0. The molecule has 1 atom stereocenters. The van der Waals surface area contributed by atoms with Crippen molar-refractivity contribution in [3.05, 3.63) is 0 Å². The molecule has 100 valence electrons. The van der Waals surface area contributed by atoms with Crippen LogP contribution in [-0.2, 0) is 21.4 Å². The standard InChI is InChI=1S/C10H8N2O7/c1-12-8-6-7(11-12)17-4(13)2-10(16,9(15)19-6)3-5(14)18-8/h16H,2-3H2,1H3. The molecule has 3 rings (SSSR count). The normalized spacial score (nSPS) is 25.7. The molecule has 1 aromatic rings. The summed E-state index contributed by atoms with van der Waals surface area (Å²) < 4.78 is 15.8. The van der Waals surface area contributed by atoms with Crippen LogP contribution < -0.4 is 14.2 Å². The largest absolute Gasteiger partial charge is 0.413 e. The second-order valence-corrected chi connectivity index (χ2v) is 4.29. The Hall–Kier alpha value is -2.42. The molecular formula is C10H8N2O7. The average Bonchev–Trinajstić information content (AvgIpc) is 2.53. The zero-order valence-electron chi connectivity index (χ0n) is 9.71. The van der Waals surface area contributed by atoms with E-state index in [0.717, 1.165) is 4.68 Å². The quantitative estimate of drug-likeness (QED) is 0.575. The molecule has 0 saturated carbocycles. The number of carbonyl (C=O) groups excluding carboxylic acids is 3. The Morgan fingerprint density at radius 2 is 1.79 bits per heavy atom. The molecule has 0 aromatic carbocycles. The Morgan fingerprint density at radius 1 is 1.16 bits per heavy atom. The fourth-order valence-corrected chi connectivity index (χ4v) is 1.89. The second kappa shape index (κ2) is 3.54. The average molecular weight is 268 g/mol. The third-order valence-electron chi connectivity index (χ3n) is 2.79. The summed E-state index contributed by atoms with van der Waals surface area (Å²) in [6.45, 7) is 0. The Bertz CT molecular complexity index is 620. The number of hydrogen-bond donors (Lipinski definition) is 1. The topological polar surface area (TPSA) is 117 Å². The molecule has 9 nitrogen and oxygen atoms in total. The molecule has 2 bridgehead atoms. The minimum absolute atomic E-state index is 0.162. The van der Waals surface area contributed by atoms with E-state index in [1.165, 1.54) is 7.05 Å². The smallest absolute Gasteiger partial charge is 0.345 e. The fraction of sp³-hybridized carbons (Fsp3) is 0.400. The van der Waals surface area contributed by atoms with E-state index in [-0.39, 0.29) is 17.5 Å².